The Morgan fingerprint density at radius 2 is 2.00 bits per heavy atom. The molecule has 0 spiro atoms. The molecule has 92 valence electrons. The molecule has 2 heterocycles. The minimum Gasteiger partial charge on any atom is -0.307 e. The molecule has 1 fully saturated rings. The molecule has 1 aromatic rings. The second kappa shape index (κ2) is 4.03. The minimum atomic E-state index is -2.51. The molecule has 5 nitrogen and oxygen atoms in total. The van der Waals surface area contributed by atoms with Gasteiger partial charge in [-0.3, -0.25) is 0 Å². The molecule has 3 rings (SSSR count). The van der Waals surface area contributed by atoms with E-state index in [-0.39, 0.29) is 0 Å². The first kappa shape index (κ1) is 11.1. The number of hydrogen-bond acceptors (Lipinski definition) is 5. The predicted molar refractivity (Wildman–Crippen MR) is 63.0 cm³/mol. The number of thiol groups is 1. The molecule has 1 aromatic heterocycles. The molecule has 1 aliphatic heterocycles. The van der Waals surface area contributed by atoms with Gasteiger partial charge in [0.25, 0.3) is 0 Å². The third-order valence-corrected chi connectivity index (χ3v) is 5.10. The highest BCUT2D eigenvalue weighted by Crippen LogP contribution is 2.40. The largest absolute Gasteiger partial charge is 0.307 e. The Kier molecular flexibility index (Phi) is 2.63. The summed E-state index contributed by atoms with van der Waals surface area (Å²) in [6.07, 6.45) is 5.00. The van der Waals surface area contributed by atoms with Crippen LogP contribution in [0.5, 0.6) is 0 Å². The topological polar surface area (TPSA) is 72.0 Å². The molecule has 1 N–H and O–H groups in total. The van der Waals surface area contributed by atoms with Crippen LogP contribution in [-0.2, 0) is 28.5 Å². The molecule has 0 unspecified atom stereocenters. The molecular weight excluding hydrogens is 238 g/mol. The van der Waals surface area contributed by atoms with E-state index >= 15 is 0 Å². The van der Waals surface area contributed by atoms with Crippen LogP contribution >= 0.6 is 0 Å². The molecule has 2 aliphatic rings. The van der Waals surface area contributed by atoms with Gasteiger partial charge in [-0.15, -0.1) is 0 Å². The van der Waals surface area contributed by atoms with Crippen LogP contribution in [0.15, 0.2) is 6.20 Å². The fourth-order valence-corrected chi connectivity index (χ4v) is 3.68. The van der Waals surface area contributed by atoms with Gasteiger partial charge in [0.05, 0.1) is 5.69 Å². The van der Waals surface area contributed by atoms with Gasteiger partial charge in [-0.2, -0.15) is 0 Å². The summed E-state index contributed by atoms with van der Waals surface area (Å²) in [5.74, 6) is 0.508. The van der Waals surface area contributed by atoms with Gasteiger partial charge in [0.2, 0.25) is 0 Å². The summed E-state index contributed by atoms with van der Waals surface area (Å²) in [5.41, 5.74) is 2.04. The lowest BCUT2D eigenvalue weighted by atomic mass is 10.1. The van der Waals surface area contributed by atoms with Gasteiger partial charge >= 0.3 is 0 Å². The average Bonchev–Trinajstić information content (AvgIpc) is 2.97. The molecule has 1 saturated carbocycles. The first-order valence-corrected chi connectivity index (χ1v) is 7.11. The van der Waals surface area contributed by atoms with Crippen LogP contribution in [0.4, 0.5) is 0 Å². The number of aromatic nitrogens is 2. The zero-order valence-electron chi connectivity index (χ0n) is 9.48. The second-order valence-electron chi connectivity index (χ2n) is 4.76. The van der Waals surface area contributed by atoms with E-state index in [1.165, 1.54) is 0 Å². The molecular formula is C11H15N3O2S. The number of nitrogens with one attached hydrogen (secondary N) is 1. The Balaban J connectivity index is 2.08. The van der Waals surface area contributed by atoms with Crippen molar-refractivity contribution in [1.82, 2.24) is 15.3 Å². The van der Waals surface area contributed by atoms with Crippen LogP contribution in [0.3, 0.4) is 0 Å². The maximum atomic E-state index is 11.6. The van der Waals surface area contributed by atoms with E-state index in [1.54, 1.807) is 6.20 Å². The Morgan fingerprint density at radius 1 is 1.24 bits per heavy atom. The van der Waals surface area contributed by atoms with Crippen LogP contribution in [0.1, 0.15) is 42.8 Å². The van der Waals surface area contributed by atoms with Crippen molar-refractivity contribution < 1.29 is 8.42 Å². The lowest BCUT2D eigenvalue weighted by Crippen LogP contribution is -2.27. The van der Waals surface area contributed by atoms with E-state index in [2.05, 4.69) is 15.3 Å². The summed E-state index contributed by atoms with van der Waals surface area (Å²) in [6.45, 7) is 1.50. The van der Waals surface area contributed by atoms with Crippen LogP contribution in [0.2, 0.25) is 0 Å². The van der Waals surface area contributed by atoms with Gasteiger partial charge in [0.15, 0.2) is 10.7 Å². The summed E-state index contributed by atoms with van der Waals surface area (Å²) < 4.78 is 22.3. The van der Waals surface area contributed by atoms with Crippen LogP contribution < -0.4 is 5.32 Å². The van der Waals surface area contributed by atoms with Crippen molar-refractivity contribution in [3.05, 3.63) is 23.3 Å². The van der Waals surface area contributed by atoms with E-state index < -0.39 is 15.5 Å². The zero-order valence-corrected chi connectivity index (χ0v) is 10.4. The molecule has 0 aromatic carbocycles. The zero-order chi connectivity index (χ0) is 11.9. The summed E-state index contributed by atoms with van der Waals surface area (Å²) >= 11 is 0. The highest BCUT2D eigenvalue weighted by Gasteiger charge is 2.42. The Labute approximate surface area is 102 Å². The SMILES string of the molecule is O=[SH](=O)C1(c2ncc3c(n2)CNC3)CCCC1. The van der Waals surface area contributed by atoms with Gasteiger partial charge in [0, 0.05) is 24.8 Å². The summed E-state index contributed by atoms with van der Waals surface area (Å²) in [7, 11) is -2.51. The van der Waals surface area contributed by atoms with Crippen molar-refractivity contribution in [3.8, 4) is 0 Å². The fourth-order valence-electron chi connectivity index (χ4n) is 2.73. The first-order valence-electron chi connectivity index (χ1n) is 5.93. The van der Waals surface area contributed by atoms with E-state index in [4.69, 9.17) is 0 Å². The lowest BCUT2D eigenvalue weighted by molar-refractivity contribution is 0.523. The molecule has 0 bridgehead atoms. The van der Waals surface area contributed by atoms with Crippen molar-refractivity contribution in [2.75, 3.05) is 0 Å². The van der Waals surface area contributed by atoms with Gasteiger partial charge < -0.3 is 5.32 Å². The van der Waals surface area contributed by atoms with Crippen LogP contribution in [0.25, 0.3) is 0 Å². The van der Waals surface area contributed by atoms with Gasteiger partial charge in [-0.05, 0) is 12.8 Å². The van der Waals surface area contributed by atoms with Gasteiger partial charge in [-0.25, -0.2) is 18.4 Å². The molecule has 0 radical (unpaired) electrons. The fraction of sp³-hybridized carbons (Fsp3) is 0.636. The summed E-state index contributed by atoms with van der Waals surface area (Å²) in [5, 5.41) is 3.19. The average molecular weight is 253 g/mol. The van der Waals surface area contributed by atoms with E-state index in [1.807, 2.05) is 0 Å². The maximum absolute atomic E-state index is 11.6. The van der Waals surface area contributed by atoms with Crippen LogP contribution in [0, 0.1) is 0 Å². The third-order valence-electron chi connectivity index (χ3n) is 3.76. The smallest absolute Gasteiger partial charge is 0.153 e. The second-order valence-corrected chi connectivity index (χ2v) is 6.14. The molecule has 17 heavy (non-hydrogen) atoms. The number of hydrogen-bond donors (Lipinski definition) is 2. The highest BCUT2D eigenvalue weighted by atomic mass is 32.2. The lowest BCUT2D eigenvalue weighted by Gasteiger charge is -2.20. The van der Waals surface area contributed by atoms with E-state index in [9.17, 15) is 8.42 Å². The van der Waals surface area contributed by atoms with Crippen molar-refractivity contribution in [1.29, 1.82) is 0 Å². The number of fused-ring (bicyclic) bond motifs is 1. The van der Waals surface area contributed by atoms with E-state index in [0.717, 1.165) is 37.2 Å². The Hall–Kier alpha value is -1.01. The molecule has 0 saturated heterocycles. The Morgan fingerprint density at radius 3 is 2.71 bits per heavy atom. The normalized spacial score (nSPS) is 21.9. The predicted octanol–water partition coefficient (Wildman–Crippen LogP) is 0.460. The standard InChI is InChI=1S/C11H15N3O2S/c15-17(16)11(3-1-2-4-11)10-13-6-8-5-12-7-9(8)14-10/h6,12,17H,1-5,7H2. The van der Waals surface area contributed by atoms with E-state index in [0.29, 0.717) is 18.7 Å². The molecule has 0 amide bonds. The number of nitrogens with zero attached hydrogens (tertiary/aromatic N) is 2. The van der Waals surface area contributed by atoms with Gasteiger partial charge in [0.1, 0.15) is 10.6 Å². The maximum Gasteiger partial charge on any atom is 0.153 e. The highest BCUT2D eigenvalue weighted by molar-refractivity contribution is 7.73. The molecule has 0 atom stereocenters. The minimum absolute atomic E-state index is 0.508. The Bertz CT molecular complexity index is 513. The monoisotopic (exact) mass is 253 g/mol. The number of rotatable bonds is 2. The molecule has 6 heteroatoms. The van der Waals surface area contributed by atoms with Gasteiger partial charge in [-0.1, -0.05) is 12.8 Å². The van der Waals surface area contributed by atoms with Crippen molar-refractivity contribution in [3.63, 3.8) is 0 Å². The third kappa shape index (κ3) is 1.66. The van der Waals surface area contributed by atoms with Crippen molar-refractivity contribution in [2.24, 2.45) is 0 Å². The molecule has 1 aliphatic carbocycles. The van der Waals surface area contributed by atoms with Crippen molar-refractivity contribution in [2.45, 2.75) is 43.5 Å². The van der Waals surface area contributed by atoms with Crippen molar-refractivity contribution >= 4 is 10.7 Å². The first-order chi connectivity index (χ1) is 8.22. The summed E-state index contributed by atoms with van der Waals surface area (Å²) in [6, 6.07) is 0. The quantitative estimate of drug-likeness (QED) is 0.749. The summed E-state index contributed by atoms with van der Waals surface area (Å²) in [4.78, 5) is 8.76. The van der Waals surface area contributed by atoms with Crippen LogP contribution in [-0.4, -0.2) is 18.4 Å².